The SMILES string of the molecule is COP(=O)(OC)[C@@]1(C(=O)O)C[C@H]1C. The molecule has 13 heavy (non-hydrogen) atoms. The standard InChI is InChI=1S/C7H13O5P/c1-5-4-7(5,6(8)9)13(10,11-2)12-3/h5H,4H2,1-3H3,(H,8,9)/t5-,7+/m1/s1. The van der Waals surface area contributed by atoms with Gasteiger partial charge in [-0.1, -0.05) is 6.92 Å². The maximum absolute atomic E-state index is 11.9. The van der Waals surface area contributed by atoms with E-state index in [1.807, 2.05) is 0 Å². The van der Waals surface area contributed by atoms with E-state index in [1.54, 1.807) is 6.92 Å². The van der Waals surface area contributed by atoms with Crippen LogP contribution in [0.25, 0.3) is 0 Å². The second kappa shape index (κ2) is 3.08. The molecule has 0 aromatic heterocycles. The highest BCUT2D eigenvalue weighted by atomic mass is 31.2. The maximum atomic E-state index is 11.9. The normalized spacial score (nSPS) is 33.0. The van der Waals surface area contributed by atoms with Crippen LogP contribution in [-0.4, -0.2) is 30.5 Å². The van der Waals surface area contributed by atoms with Crippen molar-refractivity contribution in [2.24, 2.45) is 5.92 Å². The second-order valence-electron chi connectivity index (χ2n) is 3.20. The first-order valence-corrected chi connectivity index (χ1v) is 5.44. The smallest absolute Gasteiger partial charge is 0.347 e. The molecule has 0 spiro atoms. The van der Waals surface area contributed by atoms with Gasteiger partial charge in [-0.15, -0.1) is 0 Å². The van der Waals surface area contributed by atoms with E-state index < -0.39 is 18.7 Å². The van der Waals surface area contributed by atoms with Gasteiger partial charge in [0.2, 0.25) is 0 Å². The first kappa shape index (κ1) is 10.7. The van der Waals surface area contributed by atoms with E-state index in [2.05, 4.69) is 0 Å². The summed E-state index contributed by atoms with van der Waals surface area (Å²) in [5.74, 6) is -1.26. The van der Waals surface area contributed by atoms with E-state index in [4.69, 9.17) is 14.2 Å². The monoisotopic (exact) mass is 208 g/mol. The van der Waals surface area contributed by atoms with Crippen LogP contribution in [-0.2, 0) is 18.4 Å². The van der Waals surface area contributed by atoms with Crippen LogP contribution in [0.2, 0.25) is 0 Å². The fraction of sp³-hybridized carbons (Fsp3) is 0.857. The summed E-state index contributed by atoms with van der Waals surface area (Å²) in [4.78, 5) is 10.9. The third kappa shape index (κ3) is 1.23. The summed E-state index contributed by atoms with van der Waals surface area (Å²) in [5, 5.41) is 7.63. The van der Waals surface area contributed by atoms with Crippen molar-refractivity contribution in [2.75, 3.05) is 14.2 Å². The fourth-order valence-electron chi connectivity index (χ4n) is 1.61. The van der Waals surface area contributed by atoms with Gasteiger partial charge in [-0.05, 0) is 12.3 Å². The van der Waals surface area contributed by atoms with Gasteiger partial charge in [0.15, 0.2) is 5.16 Å². The molecule has 0 aromatic rings. The number of hydrogen-bond donors (Lipinski definition) is 1. The van der Waals surface area contributed by atoms with Crippen LogP contribution in [0.1, 0.15) is 13.3 Å². The van der Waals surface area contributed by atoms with Gasteiger partial charge in [-0.25, -0.2) is 0 Å². The molecule has 0 bridgehead atoms. The second-order valence-corrected chi connectivity index (χ2v) is 5.72. The highest BCUT2D eigenvalue weighted by molar-refractivity contribution is 7.57. The average Bonchev–Trinajstić information content (AvgIpc) is 2.78. The van der Waals surface area contributed by atoms with Gasteiger partial charge < -0.3 is 14.2 Å². The van der Waals surface area contributed by atoms with Crippen molar-refractivity contribution in [3.05, 3.63) is 0 Å². The molecule has 0 saturated heterocycles. The van der Waals surface area contributed by atoms with Gasteiger partial charge in [-0.3, -0.25) is 9.36 Å². The molecular formula is C7H13O5P. The van der Waals surface area contributed by atoms with Crippen LogP contribution < -0.4 is 0 Å². The third-order valence-corrected chi connectivity index (χ3v) is 5.37. The van der Waals surface area contributed by atoms with Gasteiger partial charge in [0.25, 0.3) is 0 Å². The summed E-state index contributed by atoms with van der Waals surface area (Å²) in [6.07, 6.45) is 0.349. The van der Waals surface area contributed by atoms with Crippen molar-refractivity contribution in [1.82, 2.24) is 0 Å². The fourth-order valence-corrected chi connectivity index (χ4v) is 3.68. The molecule has 1 N–H and O–H groups in total. The molecule has 2 atom stereocenters. The van der Waals surface area contributed by atoms with E-state index in [-0.39, 0.29) is 5.92 Å². The summed E-state index contributed by atoms with van der Waals surface area (Å²) >= 11 is 0. The number of aliphatic carboxylic acids is 1. The van der Waals surface area contributed by atoms with Gasteiger partial charge in [0.1, 0.15) is 0 Å². The first-order valence-electron chi connectivity index (χ1n) is 3.89. The van der Waals surface area contributed by atoms with Crippen LogP contribution in [0, 0.1) is 5.92 Å². The lowest BCUT2D eigenvalue weighted by Crippen LogP contribution is -2.26. The Kier molecular flexibility index (Phi) is 2.54. The average molecular weight is 208 g/mol. The van der Waals surface area contributed by atoms with Gasteiger partial charge >= 0.3 is 13.6 Å². The molecule has 1 aliphatic rings. The topological polar surface area (TPSA) is 72.8 Å². The number of carboxylic acid groups (broad SMARTS) is 1. The largest absolute Gasteiger partial charge is 0.480 e. The summed E-state index contributed by atoms with van der Waals surface area (Å²) in [7, 11) is -1.07. The van der Waals surface area contributed by atoms with E-state index in [1.165, 1.54) is 14.2 Å². The molecule has 0 aliphatic heterocycles. The number of hydrogen-bond acceptors (Lipinski definition) is 4. The van der Waals surface area contributed by atoms with Gasteiger partial charge in [-0.2, -0.15) is 0 Å². The van der Waals surface area contributed by atoms with Crippen LogP contribution in [0.3, 0.4) is 0 Å². The van der Waals surface area contributed by atoms with Crippen molar-refractivity contribution in [1.29, 1.82) is 0 Å². The zero-order valence-electron chi connectivity index (χ0n) is 7.81. The van der Waals surface area contributed by atoms with Crippen molar-refractivity contribution >= 4 is 13.6 Å². The molecule has 0 amide bonds. The van der Waals surface area contributed by atoms with Gasteiger partial charge in [0.05, 0.1) is 0 Å². The molecule has 1 fully saturated rings. The maximum Gasteiger partial charge on any atom is 0.347 e. The minimum atomic E-state index is -3.48. The zero-order chi connectivity index (χ0) is 10.3. The zero-order valence-corrected chi connectivity index (χ0v) is 8.71. The molecule has 1 rings (SSSR count). The molecule has 0 unspecified atom stereocenters. The molecule has 1 aliphatic carbocycles. The first-order chi connectivity index (χ1) is 5.94. The predicted molar refractivity (Wildman–Crippen MR) is 45.8 cm³/mol. The van der Waals surface area contributed by atoms with E-state index in [0.29, 0.717) is 6.42 Å². The highest BCUT2D eigenvalue weighted by Gasteiger charge is 2.71. The number of carbonyl (C=O) groups is 1. The minimum absolute atomic E-state index is 0.157. The van der Waals surface area contributed by atoms with Crippen molar-refractivity contribution in [2.45, 2.75) is 18.5 Å². The Morgan fingerprint density at radius 1 is 1.54 bits per heavy atom. The Bertz CT molecular complexity index is 268. The van der Waals surface area contributed by atoms with Crippen molar-refractivity contribution < 1.29 is 23.5 Å². The Hall–Kier alpha value is -0.380. The molecule has 0 heterocycles. The van der Waals surface area contributed by atoms with Crippen molar-refractivity contribution in [3.63, 3.8) is 0 Å². The summed E-state index contributed by atoms with van der Waals surface area (Å²) in [6.45, 7) is 1.72. The summed E-state index contributed by atoms with van der Waals surface area (Å²) < 4.78 is 21.3. The molecule has 0 radical (unpaired) electrons. The number of carboxylic acids is 1. The predicted octanol–water partition coefficient (Wildman–Crippen LogP) is 1.34. The molecule has 0 aromatic carbocycles. The molecule has 6 heteroatoms. The highest BCUT2D eigenvalue weighted by Crippen LogP contribution is 2.73. The molecular weight excluding hydrogens is 195 g/mol. The lowest BCUT2D eigenvalue weighted by molar-refractivity contribution is -0.138. The molecule has 5 nitrogen and oxygen atoms in total. The van der Waals surface area contributed by atoms with E-state index in [9.17, 15) is 9.36 Å². The summed E-state index contributed by atoms with van der Waals surface area (Å²) in [6, 6.07) is 0. The summed E-state index contributed by atoms with van der Waals surface area (Å²) in [5.41, 5.74) is 0. The van der Waals surface area contributed by atoms with Crippen LogP contribution in [0.15, 0.2) is 0 Å². The minimum Gasteiger partial charge on any atom is -0.480 e. The van der Waals surface area contributed by atoms with Crippen LogP contribution in [0.5, 0.6) is 0 Å². The Morgan fingerprint density at radius 2 is 1.92 bits per heavy atom. The third-order valence-electron chi connectivity index (χ3n) is 2.61. The Labute approximate surface area is 76.6 Å². The van der Waals surface area contributed by atoms with Crippen molar-refractivity contribution in [3.8, 4) is 0 Å². The van der Waals surface area contributed by atoms with Crippen LogP contribution in [0.4, 0.5) is 0 Å². The number of rotatable bonds is 4. The van der Waals surface area contributed by atoms with Crippen LogP contribution >= 0.6 is 7.60 Å². The lowest BCUT2D eigenvalue weighted by atomic mass is 10.3. The molecule has 1 saturated carbocycles. The Balaban J connectivity index is 3.04. The van der Waals surface area contributed by atoms with E-state index >= 15 is 0 Å². The Morgan fingerprint density at radius 3 is 2.00 bits per heavy atom. The quantitative estimate of drug-likeness (QED) is 0.705. The lowest BCUT2D eigenvalue weighted by Gasteiger charge is -2.20. The molecule has 76 valence electrons. The van der Waals surface area contributed by atoms with E-state index in [0.717, 1.165) is 0 Å². The van der Waals surface area contributed by atoms with Gasteiger partial charge in [0, 0.05) is 14.2 Å².